The maximum absolute atomic E-state index is 4.94. The lowest BCUT2D eigenvalue weighted by Crippen LogP contribution is -2.49. The van der Waals surface area contributed by atoms with Crippen LogP contribution in [0.15, 0.2) is 4.99 Å². The summed E-state index contributed by atoms with van der Waals surface area (Å²) in [6.45, 7) is 16.8. The number of guanidine groups is 1. The molecule has 1 N–H and O–H groups in total. The smallest absolute Gasteiger partial charge is 0.194 e. The van der Waals surface area contributed by atoms with Gasteiger partial charge in [0.1, 0.15) is 0 Å². The molecule has 140 valence electrons. The van der Waals surface area contributed by atoms with E-state index in [0.29, 0.717) is 0 Å². The SMILES string of the molecule is CCNC(=NCCN1CCCN(C)CC1)N1CCSC(C(C)C)C1. The van der Waals surface area contributed by atoms with Crippen molar-refractivity contribution in [2.24, 2.45) is 10.9 Å². The fraction of sp³-hybridized carbons (Fsp3) is 0.944. The predicted molar refractivity (Wildman–Crippen MR) is 107 cm³/mol. The molecule has 2 heterocycles. The number of nitrogens with one attached hydrogen (secondary N) is 1. The second-order valence-corrected chi connectivity index (χ2v) is 8.68. The van der Waals surface area contributed by atoms with Gasteiger partial charge < -0.3 is 20.0 Å². The van der Waals surface area contributed by atoms with Gasteiger partial charge >= 0.3 is 0 Å². The Hall–Kier alpha value is -0.460. The molecular weight excluding hydrogens is 318 g/mol. The lowest BCUT2D eigenvalue weighted by Gasteiger charge is -2.36. The first-order chi connectivity index (χ1) is 11.6. The predicted octanol–water partition coefficient (Wildman–Crippen LogP) is 1.66. The van der Waals surface area contributed by atoms with Crippen molar-refractivity contribution in [2.75, 3.05) is 71.7 Å². The molecule has 2 aliphatic heterocycles. The first-order valence-corrected chi connectivity index (χ1v) is 10.7. The Labute approximate surface area is 153 Å². The Morgan fingerprint density at radius 1 is 1.21 bits per heavy atom. The number of hydrogen-bond donors (Lipinski definition) is 1. The molecule has 0 saturated carbocycles. The molecule has 5 nitrogen and oxygen atoms in total. The van der Waals surface area contributed by atoms with Crippen molar-refractivity contribution >= 4 is 17.7 Å². The van der Waals surface area contributed by atoms with Crippen molar-refractivity contribution in [1.29, 1.82) is 0 Å². The maximum Gasteiger partial charge on any atom is 0.194 e. The fourth-order valence-electron chi connectivity index (χ4n) is 3.32. The minimum absolute atomic E-state index is 0.726. The van der Waals surface area contributed by atoms with Crippen LogP contribution in [-0.2, 0) is 0 Å². The number of rotatable bonds is 5. The van der Waals surface area contributed by atoms with E-state index in [4.69, 9.17) is 4.99 Å². The summed E-state index contributed by atoms with van der Waals surface area (Å²) in [5.74, 6) is 3.07. The van der Waals surface area contributed by atoms with Crippen molar-refractivity contribution < 1.29 is 0 Å². The molecule has 0 aromatic rings. The van der Waals surface area contributed by atoms with Gasteiger partial charge in [0.05, 0.1) is 6.54 Å². The van der Waals surface area contributed by atoms with E-state index in [1.54, 1.807) is 0 Å². The maximum atomic E-state index is 4.94. The molecule has 0 radical (unpaired) electrons. The lowest BCUT2D eigenvalue weighted by molar-refractivity contribution is 0.282. The zero-order chi connectivity index (χ0) is 17.4. The van der Waals surface area contributed by atoms with E-state index in [9.17, 15) is 0 Å². The monoisotopic (exact) mass is 355 g/mol. The Bertz CT molecular complexity index is 388. The van der Waals surface area contributed by atoms with Crippen molar-refractivity contribution in [1.82, 2.24) is 20.0 Å². The molecule has 2 fully saturated rings. The van der Waals surface area contributed by atoms with Gasteiger partial charge in [0, 0.05) is 50.3 Å². The third-order valence-electron chi connectivity index (χ3n) is 4.96. The minimum Gasteiger partial charge on any atom is -0.357 e. The molecule has 0 spiro atoms. The summed E-state index contributed by atoms with van der Waals surface area (Å²) in [5.41, 5.74) is 0. The van der Waals surface area contributed by atoms with Gasteiger partial charge in [-0.05, 0) is 39.4 Å². The lowest BCUT2D eigenvalue weighted by atomic mass is 10.1. The van der Waals surface area contributed by atoms with Crippen molar-refractivity contribution in [3.05, 3.63) is 0 Å². The van der Waals surface area contributed by atoms with E-state index in [0.717, 1.165) is 49.9 Å². The third-order valence-corrected chi connectivity index (χ3v) is 6.50. The molecule has 0 aromatic heterocycles. The quantitative estimate of drug-likeness (QED) is 0.599. The highest BCUT2D eigenvalue weighted by atomic mass is 32.2. The highest BCUT2D eigenvalue weighted by Crippen LogP contribution is 2.24. The van der Waals surface area contributed by atoms with Gasteiger partial charge in [-0.25, -0.2) is 0 Å². The van der Waals surface area contributed by atoms with Gasteiger partial charge in [-0.15, -0.1) is 0 Å². The van der Waals surface area contributed by atoms with Crippen LogP contribution in [0.25, 0.3) is 0 Å². The van der Waals surface area contributed by atoms with Crippen LogP contribution in [-0.4, -0.2) is 97.6 Å². The molecule has 0 aromatic carbocycles. The van der Waals surface area contributed by atoms with E-state index < -0.39 is 0 Å². The van der Waals surface area contributed by atoms with E-state index in [1.165, 1.54) is 38.4 Å². The van der Waals surface area contributed by atoms with Gasteiger partial charge in [-0.2, -0.15) is 11.8 Å². The number of likely N-dealkylation sites (N-methyl/N-ethyl adjacent to an activating group) is 1. The summed E-state index contributed by atoms with van der Waals surface area (Å²) < 4.78 is 0. The molecule has 2 saturated heterocycles. The molecular formula is C18H37N5S. The Kier molecular flexibility index (Phi) is 8.70. The van der Waals surface area contributed by atoms with Crippen LogP contribution in [0.3, 0.4) is 0 Å². The molecule has 0 aliphatic carbocycles. The molecule has 0 amide bonds. The van der Waals surface area contributed by atoms with Gasteiger partial charge in [-0.1, -0.05) is 13.8 Å². The highest BCUT2D eigenvalue weighted by Gasteiger charge is 2.24. The largest absolute Gasteiger partial charge is 0.357 e. The topological polar surface area (TPSA) is 34.1 Å². The van der Waals surface area contributed by atoms with Crippen LogP contribution in [0.1, 0.15) is 27.2 Å². The van der Waals surface area contributed by atoms with Crippen LogP contribution in [0.5, 0.6) is 0 Å². The van der Waals surface area contributed by atoms with Crippen LogP contribution >= 0.6 is 11.8 Å². The van der Waals surface area contributed by atoms with Crippen LogP contribution in [0, 0.1) is 5.92 Å². The Morgan fingerprint density at radius 2 is 2.04 bits per heavy atom. The summed E-state index contributed by atoms with van der Waals surface area (Å²) in [7, 11) is 2.23. The summed E-state index contributed by atoms with van der Waals surface area (Å²) >= 11 is 2.12. The second kappa shape index (κ2) is 10.5. The zero-order valence-electron chi connectivity index (χ0n) is 16.1. The van der Waals surface area contributed by atoms with Gasteiger partial charge in [0.15, 0.2) is 5.96 Å². The number of aliphatic imine (C=N–C) groups is 1. The molecule has 1 atom stereocenters. The molecule has 1 unspecified atom stereocenters. The van der Waals surface area contributed by atoms with Gasteiger partial charge in [-0.3, -0.25) is 4.99 Å². The Balaban J connectivity index is 1.85. The second-order valence-electron chi connectivity index (χ2n) is 7.33. The van der Waals surface area contributed by atoms with E-state index in [1.807, 2.05) is 0 Å². The van der Waals surface area contributed by atoms with Crippen LogP contribution in [0.2, 0.25) is 0 Å². The zero-order valence-corrected chi connectivity index (χ0v) is 16.9. The van der Waals surface area contributed by atoms with Crippen LogP contribution < -0.4 is 5.32 Å². The van der Waals surface area contributed by atoms with E-state index >= 15 is 0 Å². The molecule has 2 aliphatic rings. The van der Waals surface area contributed by atoms with Crippen LogP contribution in [0.4, 0.5) is 0 Å². The van der Waals surface area contributed by atoms with E-state index in [-0.39, 0.29) is 0 Å². The number of nitrogens with zero attached hydrogens (tertiary/aromatic N) is 4. The average molecular weight is 356 g/mol. The molecule has 6 heteroatoms. The van der Waals surface area contributed by atoms with Crippen molar-refractivity contribution in [2.45, 2.75) is 32.4 Å². The summed E-state index contributed by atoms with van der Waals surface area (Å²) in [6.07, 6.45) is 1.28. The number of thioether (sulfide) groups is 1. The Morgan fingerprint density at radius 3 is 2.79 bits per heavy atom. The summed E-state index contributed by atoms with van der Waals surface area (Å²) in [5, 5.41) is 4.23. The first kappa shape index (κ1) is 19.9. The van der Waals surface area contributed by atoms with Crippen molar-refractivity contribution in [3.63, 3.8) is 0 Å². The summed E-state index contributed by atoms with van der Waals surface area (Å²) in [4.78, 5) is 12.4. The normalized spacial score (nSPS) is 25.1. The first-order valence-electron chi connectivity index (χ1n) is 9.66. The van der Waals surface area contributed by atoms with Gasteiger partial charge in [0.25, 0.3) is 0 Å². The minimum atomic E-state index is 0.726. The van der Waals surface area contributed by atoms with E-state index in [2.05, 4.69) is 59.6 Å². The standard InChI is InChI=1S/C18H37N5S/c1-5-19-18(23-13-14-24-17(15-23)16(2)3)20-7-10-22-9-6-8-21(4)11-12-22/h16-17H,5-15H2,1-4H3,(H,19,20). The average Bonchev–Trinajstić information content (AvgIpc) is 2.78. The summed E-state index contributed by atoms with van der Waals surface area (Å²) in [6, 6.07) is 0. The van der Waals surface area contributed by atoms with Gasteiger partial charge in [0.2, 0.25) is 0 Å². The number of hydrogen-bond acceptors (Lipinski definition) is 4. The molecule has 2 rings (SSSR count). The molecule has 24 heavy (non-hydrogen) atoms. The molecule has 0 bridgehead atoms. The van der Waals surface area contributed by atoms with Crippen molar-refractivity contribution in [3.8, 4) is 0 Å². The highest BCUT2D eigenvalue weighted by molar-refractivity contribution is 8.00. The fourth-order valence-corrected chi connectivity index (χ4v) is 4.62. The third kappa shape index (κ3) is 6.45.